The van der Waals surface area contributed by atoms with Gasteiger partial charge in [-0.3, -0.25) is 4.98 Å². The second-order valence-electron chi connectivity index (χ2n) is 5.71. The SMILES string of the molecule is COc1cccc(COC(=O)N2CCN(c3ccncc3F)CC2)c1. The number of nitrogens with zero attached hydrogens (tertiary/aromatic N) is 3. The third-order valence-corrected chi connectivity index (χ3v) is 4.13. The maximum absolute atomic E-state index is 13.8. The molecule has 0 unspecified atom stereocenters. The first-order valence-corrected chi connectivity index (χ1v) is 8.06. The van der Waals surface area contributed by atoms with Gasteiger partial charge < -0.3 is 19.3 Å². The van der Waals surface area contributed by atoms with E-state index in [4.69, 9.17) is 9.47 Å². The lowest BCUT2D eigenvalue weighted by Crippen LogP contribution is -2.49. The molecule has 132 valence electrons. The van der Waals surface area contributed by atoms with Crippen LogP contribution in [0.1, 0.15) is 5.56 Å². The zero-order valence-electron chi connectivity index (χ0n) is 14.0. The summed E-state index contributed by atoms with van der Waals surface area (Å²) in [5.41, 5.74) is 1.38. The largest absolute Gasteiger partial charge is 0.497 e. The number of rotatable bonds is 4. The molecule has 1 aromatic carbocycles. The van der Waals surface area contributed by atoms with Crippen molar-refractivity contribution in [2.45, 2.75) is 6.61 Å². The zero-order chi connectivity index (χ0) is 17.6. The van der Waals surface area contributed by atoms with Crippen LogP contribution in [-0.4, -0.2) is 49.3 Å². The minimum Gasteiger partial charge on any atom is -0.497 e. The number of hydrogen-bond acceptors (Lipinski definition) is 5. The average Bonchev–Trinajstić information content (AvgIpc) is 2.67. The van der Waals surface area contributed by atoms with E-state index in [0.717, 1.165) is 11.3 Å². The molecule has 0 atom stereocenters. The van der Waals surface area contributed by atoms with Crippen LogP contribution >= 0.6 is 0 Å². The second-order valence-corrected chi connectivity index (χ2v) is 5.71. The number of pyridine rings is 1. The van der Waals surface area contributed by atoms with E-state index in [1.807, 2.05) is 29.2 Å². The van der Waals surface area contributed by atoms with Crippen molar-refractivity contribution >= 4 is 11.8 Å². The van der Waals surface area contributed by atoms with Crippen LogP contribution in [0.4, 0.5) is 14.9 Å². The quantitative estimate of drug-likeness (QED) is 0.853. The summed E-state index contributed by atoms with van der Waals surface area (Å²) in [6.07, 6.45) is 2.40. The Kier molecular flexibility index (Phi) is 5.33. The van der Waals surface area contributed by atoms with Crippen molar-refractivity contribution in [3.63, 3.8) is 0 Å². The number of carbonyl (C=O) groups is 1. The molecule has 2 aromatic rings. The van der Waals surface area contributed by atoms with E-state index in [1.54, 1.807) is 24.3 Å². The lowest BCUT2D eigenvalue weighted by atomic mass is 10.2. The molecule has 1 aromatic heterocycles. The smallest absolute Gasteiger partial charge is 0.410 e. The van der Waals surface area contributed by atoms with Gasteiger partial charge in [0.2, 0.25) is 0 Å². The van der Waals surface area contributed by atoms with Gasteiger partial charge >= 0.3 is 6.09 Å². The molecule has 1 amide bonds. The van der Waals surface area contributed by atoms with Crippen LogP contribution in [-0.2, 0) is 11.3 Å². The van der Waals surface area contributed by atoms with Gasteiger partial charge in [0.1, 0.15) is 12.4 Å². The molecular weight excluding hydrogens is 325 g/mol. The Balaban J connectivity index is 1.50. The molecule has 0 N–H and O–H groups in total. The molecule has 25 heavy (non-hydrogen) atoms. The normalized spacial score (nSPS) is 14.3. The lowest BCUT2D eigenvalue weighted by Gasteiger charge is -2.35. The topological polar surface area (TPSA) is 54.9 Å². The Bertz CT molecular complexity index is 733. The summed E-state index contributed by atoms with van der Waals surface area (Å²) in [5.74, 6) is 0.373. The van der Waals surface area contributed by atoms with Crippen molar-refractivity contribution in [3.05, 3.63) is 54.1 Å². The van der Waals surface area contributed by atoms with Crippen LogP contribution in [0.25, 0.3) is 0 Å². The minimum absolute atomic E-state index is 0.190. The summed E-state index contributed by atoms with van der Waals surface area (Å²) in [5, 5.41) is 0. The summed E-state index contributed by atoms with van der Waals surface area (Å²) < 4.78 is 24.3. The van der Waals surface area contributed by atoms with Crippen LogP contribution < -0.4 is 9.64 Å². The van der Waals surface area contributed by atoms with Gasteiger partial charge in [-0.15, -0.1) is 0 Å². The highest BCUT2D eigenvalue weighted by Crippen LogP contribution is 2.20. The van der Waals surface area contributed by atoms with Gasteiger partial charge in [0, 0.05) is 32.4 Å². The Morgan fingerprint density at radius 1 is 1.24 bits per heavy atom. The van der Waals surface area contributed by atoms with Gasteiger partial charge in [0.15, 0.2) is 5.82 Å². The van der Waals surface area contributed by atoms with Crippen LogP contribution in [0, 0.1) is 5.82 Å². The number of methoxy groups -OCH3 is 1. The molecule has 7 heteroatoms. The number of ether oxygens (including phenoxy) is 2. The second kappa shape index (κ2) is 7.83. The summed E-state index contributed by atoms with van der Waals surface area (Å²) in [7, 11) is 1.59. The highest BCUT2D eigenvalue weighted by molar-refractivity contribution is 5.68. The fourth-order valence-electron chi connectivity index (χ4n) is 2.75. The summed E-state index contributed by atoms with van der Waals surface area (Å²) in [6.45, 7) is 2.26. The van der Waals surface area contributed by atoms with E-state index in [9.17, 15) is 9.18 Å². The minimum atomic E-state index is -0.363. The van der Waals surface area contributed by atoms with Crippen LogP contribution in [0.3, 0.4) is 0 Å². The number of piperazine rings is 1. The van der Waals surface area contributed by atoms with Crippen molar-refractivity contribution in [1.29, 1.82) is 0 Å². The third-order valence-electron chi connectivity index (χ3n) is 4.13. The van der Waals surface area contributed by atoms with Crippen molar-refractivity contribution in [3.8, 4) is 5.75 Å². The number of anilines is 1. The van der Waals surface area contributed by atoms with Crippen LogP contribution in [0.15, 0.2) is 42.7 Å². The van der Waals surface area contributed by atoms with Crippen molar-refractivity contribution < 1.29 is 18.7 Å². The van der Waals surface area contributed by atoms with Gasteiger partial charge in [0.05, 0.1) is 19.0 Å². The molecule has 0 bridgehead atoms. The average molecular weight is 345 g/mol. The predicted molar refractivity (Wildman–Crippen MR) is 91.2 cm³/mol. The van der Waals surface area contributed by atoms with E-state index in [1.165, 1.54) is 6.20 Å². The van der Waals surface area contributed by atoms with Gasteiger partial charge in [-0.25, -0.2) is 9.18 Å². The highest BCUT2D eigenvalue weighted by atomic mass is 19.1. The summed E-state index contributed by atoms with van der Waals surface area (Å²) in [6, 6.07) is 9.04. The number of benzene rings is 1. The molecule has 0 aliphatic carbocycles. The maximum atomic E-state index is 13.8. The van der Waals surface area contributed by atoms with Crippen molar-refractivity contribution in [1.82, 2.24) is 9.88 Å². The molecule has 1 fully saturated rings. The first-order valence-electron chi connectivity index (χ1n) is 8.06. The van der Waals surface area contributed by atoms with Crippen molar-refractivity contribution in [2.75, 3.05) is 38.2 Å². The Hall–Kier alpha value is -2.83. The molecule has 0 saturated carbocycles. The molecule has 3 rings (SSSR count). The first-order chi connectivity index (χ1) is 12.2. The van der Waals surface area contributed by atoms with Gasteiger partial charge in [-0.2, -0.15) is 0 Å². The standard InChI is InChI=1S/C18H20FN3O3/c1-24-15-4-2-3-14(11-15)13-25-18(23)22-9-7-21(8-10-22)17-5-6-20-12-16(17)19/h2-6,11-12H,7-10,13H2,1H3. The molecule has 1 aliphatic rings. The molecule has 2 heterocycles. The molecule has 0 spiro atoms. The van der Waals surface area contributed by atoms with Crippen LogP contribution in [0.5, 0.6) is 5.75 Å². The highest BCUT2D eigenvalue weighted by Gasteiger charge is 2.23. The monoisotopic (exact) mass is 345 g/mol. The fourth-order valence-corrected chi connectivity index (χ4v) is 2.75. The Morgan fingerprint density at radius 2 is 2.04 bits per heavy atom. The Morgan fingerprint density at radius 3 is 2.76 bits per heavy atom. The van der Waals surface area contributed by atoms with E-state index < -0.39 is 0 Å². The number of aromatic nitrogens is 1. The summed E-state index contributed by atoms with van der Waals surface area (Å²) >= 11 is 0. The lowest BCUT2D eigenvalue weighted by molar-refractivity contribution is 0.0941. The molecule has 6 nitrogen and oxygen atoms in total. The first kappa shape index (κ1) is 17.0. The molecule has 1 aliphatic heterocycles. The number of carbonyl (C=O) groups excluding carboxylic acids is 1. The van der Waals surface area contributed by atoms with E-state index in [-0.39, 0.29) is 18.5 Å². The molecule has 1 saturated heterocycles. The molecular formula is C18H20FN3O3. The maximum Gasteiger partial charge on any atom is 0.410 e. The number of amides is 1. The van der Waals surface area contributed by atoms with Gasteiger partial charge in [-0.1, -0.05) is 12.1 Å². The zero-order valence-corrected chi connectivity index (χ0v) is 14.0. The van der Waals surface area contributed by atoms with E-state index in [2.05, 4.69) is 4.98 Å². The van der Waals surface area contributed by atoms with E-state index in [0.29, 0.717) is 31.9 Å². The third kappa shape index (κ3) is 4.17. The van der Waals surface area contributed by atoms with Gasteiger partial charge in [0.25, 0.3) is 0 Å². The Labute approximate surface area is 145 Å². The number of halogens is 1. The fraction of sp³-hybridized carbons (Fsp3) is 0.333. The predicted octanol–water partition coefficient (Wildman–Crippen LogP) is 2.69. The van der Waals surface area contributed by atoms with Crippen molar-refractivity contribution in [2.24, 2.45) is 0 Å². The number of hydrogen-bond donors (Lipinski definition) is 0. The summed E-state index contributed by atoms with van der Waals surface area (Å²) in [4.78, 5) is 19.5. The van der Waals surface area contributed by atoms with Crippen LogP contribution in [0.2, 0.25) is 0 Å². The molecule has 0 radical (unpaired) electrons. The van der Waals surface area contributed by atoms with Gasteiger partial charge in [-0.05, 0) is 23.8 Å². The van der Waals surface area contributed by atoms with E-state index >= 15 is 0 Å².